The van der Waals surface area contributed by atoms with Crippen LogP contribution in [-0.2, 0) is 4.79 Å². The number of rotatable bonds is 9. The van der Waals surface area contributed by atoms with Gasteiger partial charge >= 0.3 is 0 Å². The molecule has 0 aromatic heterocycles. The van der Waals surface area contributed by atoms with Crippen LogP contribution in [0.5, 0.6) is 0 Å². The number of hydrogen-bond donors (Lipinski definition) is 1. The first-order valence-electron chi connectivity index (χ1n) is 7.60. The van der Waals surface area contributed by atoms with Crippen molar-refractivity contribution in [2.45, 2.75) is 47.6 Å². The third kappa shape index (κ3) is 6.92. The van der Waals surface area contributed by atoms with Crippen LogP contribution in [0, 0.1) is 11.8 Å². The second kappa shape index (κ2) is 9.32. The third-order valence-corrected chi connectivity index (χ3v) is 3.48. The van der Waals surface area contributed by atoms with Crippen molar-refractivity contribution in [1.82, 2.24) is 9.80 Å². The Morgan fingerprint density at radius 3 is 1.95 bits per heavy atom. The van der Waals surface area contributed by atoms with Gasteiger partial charge in [0, 0.05) is 19.6 Å². The van der Waals surface area contributed by atoms with Gasteiger partial charge in [-0.3, -0.25) is 4.79 Å². The molecule has 0 saturated carbocycles. The Labute approximate surface area is 119 Å². The summed E-state index contributed by atoms with van der Waals surface area (Å²) in [6.07, 6.45) is 0. The monoisotopic (exact) mass is 271 g/mol. The Hall–Kier alpha value is -0.610. The van der Waals surface area contributed by atoms with Crippen molar-refractivity contribution in [3.63, 3.8) is 0 Å². The van der Waals surface area contributed by atoms with Crippen LogP contribution in [0.4, 0.5) is 0 Å². The lowest BCUT2D eigenvalue weighted by Gasteiger charge is -2.30. The molecule has 0 aromatic carbocycles. The molecule has 4 nitrogen and oxygen atoms in total. The highest BCUT2D eigenvalue weighted by Gasteiger charge is 2.24. The van der Waals surface area contributed by atoms with Crippen LogP contribution in [0.25, 0.3) is 0 Å². The van der Waals surface area contributed by atoms with E-state index in [1.54, 1.807) is 0 Å². The fraction of sp³-hybridized carbons (Fsp3) is 0.933. The molecule has 1 amide bonds. The van der Waals surface area contributed by atoms with E-state index in [-0.39, 0.29) is 17.9 Å². The van der Waals surface area contributed by atoms with Gasteiger partial charge in [-0.1, -0.05) is 41.5 Å². The van der Waals surface area contributed by atoms with Gasteiger partial charge in [0.2, 0.25) is 5.91 Å². The second-order valence-electron chi connectivity index (χ2n) is 5.97. The average molecular weight is 271 g/mol. The highest BCUT2D eigenvalue weighted by Crippen LogP contribution is 2.07. The summed E-state index contributed by atoms with van der Waals surface area (Å²) in [4.78, 5) is 16.7. The topological polar surface area (TPSA) is 49.6 Å². The Kier molecular flexibility index (Phi) is 9.02. The summed E-state index contributed by atoms with van der Waals surface area (Å²) >= 11 is 0. The van der Waals surface area contributed by atoms with Crippen LogP contribution in [0.1, 0.15) is 41.5 Å². The van der Waals surface area contributed by atoms with Gasteiger partial charge in [0.15, 0.2) is 0 Å². The van der Waals surface area contributed by atoms with E-state index in [9.17, 15) is 4.79 Å². The number of nitrogens with two attached hydrogens (primary N) is 1. The van der Waals surface area contributed by atoms with Crippen molar-refractivity contribution in [1.29, 1.82) is 0 Å². The summed E-state index contributed by atoms with van der Waals surface area (Å²) in [7, 11) is 0. The van der Waals surface area contributed by atoms with Crippen molar-refractivity contribution in [2.24, 2.45) is 17.6 Å². The van der Waals surface area contributed by atoms with Gasteiger partial charge in [0.25, 0.3) is 0 Å². The van der Waals surface area contributed by atoms with Crippen LogP contribution < -0.4 is 5.73 Å². The molecule has 1 atom stereocenters. The lowest BCUT2D eigenvalue weighted by atomic mass is 10.0. The molecular formula is C15H33N3O. The fourth-order valence-electron chi connectivity index (χ4n) is 2.03. The minimum atomic E-state index is -0.379. The van der Waals surface area contributed by atoms with E-state index in [0.29, 0.717) is 5.92 Å². The molecule has 0 saturated heterocycles. The lowest BCUT2D eigenvalue weighted by Crippen LogP contribution is -2.49. The van der Waals surface area contributed by atoms with Gasteiger partial charge in [-0.2, -0.15) is 0 Å². The van der Waals surface area contributed by atoms with Crippen molar-refractivity contribution < 1.29 is 4.79 Å². The van der Waals surface area contributed by atoms with E-state index in [0.717, 1.165) is 32.7 Å². The van der Waals surface area contributed by atoms with Crippen molar-refractivity contribution >= 4 is 5.91 Å². The minimum absolute atomic E-state index is 0.0934. The molecule has 0 fully saturated rings. The zero-order valence-electron chi connectivity index (χ0n) is 13.6. The Balaban J connectivity index is 4.58. The summed E-state index contributed by atoms with van der Waals surface area (Å²) in [5.74, 6) is 0.756. The molecule has 2 N–H and O–H groups in total. The maximum Gasteiger partial charge on any atom is 0.239 e. The van der Waals surface area contributed by atoms with E-state index in [2.05, 4.69) is 32.6 Å². The molecule has 0 radical (unpaired) electrons. The van der Waals surface area contributed by atoms with E-state index in [1.165, 1.54) is 0 Å². The Bertz CT molecular complexity index is 250. The number of carbonyl (C=O) groups excluding carboxylic acids is 1. The first-order chi connectivity index (χ1) is 8.83. The van der Waals surface area contributed by atoms with Crippen LogP contribution in [0.15, 0.2) is 0 Å². The van der Waals surface area contributed by atoms with Gasteiger partial charge in [-0.15, -0.1) is 0 Å². The molecule has 0 aliphatic rings. The van der Waals surface area contributed by atoms with Crippen LogP contribution in [0.3, 0.4) is 0 Å². The summed E-state index contributed by atoms with van der Waals surface area (Å²) in [6, 6.07) is -0.379. The van der Waals surface area contributed by atoms with E-state index in [4.69, 9.17) is 5.73 Å². The molecule has 114 valence electrons. The van der Waals surface area contributed by atoms with Gasteiger partial charge in [0.1, 0.15) is 0 Å². The average Bonchev–Trinajstić information content (AvgIpc) is 2.36. The summed E-state index contributed by atoms with van der Waals surface area (Å²) in [6.45, 7) is 17.1. The molecule has 0 bridgehead atoms. The summed E-state index contributed by atoms with van der Waals surface area (Å²) < 4.78 is 0. The molecule has 0 unspecified atom stereocenters. The summed E-state index contributed by atoms with van der Waals surface area (Å²) in [5.41, 5.74) is 6.00. The van der Waals surface area contributed by atoms with E-state index in [1.807, 2.05) is 18.7 Å². The molecule has 0 spiro atoms. The molecule has 0 rings (SSSR count). The van der Waals surface area contributed by atoms with Crippen molar-refractivity contribution in [3.8, 4) is 0 Å². The molecule has 0 aromatic rings. The predicted octanol–water partition coefficient (Wildman–Crippen LogP) is 1.80. The molecule has 4 heteroatoms. The molecule has 0 heterocycles. The summed E-state index contributed by atoms with van der Waals surface area (Å²) in [5, 5.41) is 0. The van der Waals surface area contributed by atoms with Crippen LogP contribution >= 0.6 is 0 Å². The largest absolute Gasteiger partial charge is 0.340 e. The van der Waals surface area contributed by atoms with Crippen molar-refractivity contribution in [3.05, 3.63) is 0 Å². The maximum atomic E-state index is 12.4. The standard InChI is InChI=1S/C15H33N3O/c1-7-17(8-2)9-10-18(11-12(3)4)15(19)14(16)13(5)6/h12-14H,7-11,16H2,1-6H3/t14-/m1/s1. The number of carbonyl (C=O) groups is 1. The molecule has 0 aliphatic heterocycles. The lowest BCUT2D eigenvalue weighted by molar-refractivity contribution is -0.134. The number of amides is 1. The maximum absolute atomic E-state index is 12.4. The number of nitrogens with zero attached hydrogens (tertiary/aromatic N) is 2. The molecular weight excluding hydrogens is 238 g/mol. The number of likely N-dealkylation sites (N-methyl/N-ethyl adjacent to an activating group) is 1. The zero-order valence-corrected chi connectivity index (χ0v) is 13.6. The van der Waals surface area contributed by atoms with Crippen LogP contribution in [-0.4, -0.2) is 54.5 Å². The normalized spacial score (nSPS) is 13.4. The number of hydrogen-bond acceptors (Lipinski definition) is 3. The molecule has 19 heavy (non-hydrogen) atoms. The highest BCUT2D eigenvalue weighted by atomic mass is 16.2. The fourth-order valence-corrected chi connectivity index (χ4v) is 2.03. The van der Waals surface area contributed by atoms with Gasteiger partial charge in [0.05, 0.1) is 6.04 Å². The van der Waals surface area contributed by atoms with E-state index >= 15 is 0 Å². The third-order valence-electron chi connectivity index (χ3n) is 3.48. The van der Waals surface area contributed by atoms with Crippen molar-refractivity contribution in [2.75, 3.05) is 32.7 Å². The quantitative estimate of drug-likeness (QED) is 0.695. The first kappa shape index (κ1) is 18.4. The van der Waals surface area contributed by atoms with Crippen LogP contribution in [0.2, 0.25) is 0 Å². The van der Waals surface area contributed by atoms with Gasteiger partial charge in [-0.25, -0.2) is 0 Å². The second-order valence-corrected chi connectivity index (χ2v) is 5.97. The van der Waals surface area contributed by atoms with Gasteiger partial charge in [-0.05, 0) is 24.9 Å². The minimum Gasteiger partial charge on any atom is -0.340 e. The Morgan fingerprint density at radius 2 is 1.58 bits per heavy atom. The smallest absolute Gasteiger partial charge is 0.239 e. The van der Waals surface area contributed by atoms with E-state index < -0.39 is 0 Å². The first-order valence-corrected chi connectivity index (χ1v) is 7.60. The SMILES string of the molecule is CCN(CC)CCN(CC(C)C)C(=O)[C@H](N)C(C)C. The van der Waals surface area contributed by atoms with Gasteiger partial charge < -0.3 is 15.5 Å². The molecule has 0 aliphatic carbocycles. The predicted molar refractivity (Wildman–Crippen MR) is 82.0 cm³/mol. The highest BCUT2D eigenvalue weighted by molar-refractivity contribution is 5.81. The Morgan fingerprint density at radius 1 is 1.05 bits per heavy atom. The zero-order chi connectivity index (χ0) is 15.0.